The van der Waals surface area contributed by atoms with Gasteiger partial charge >= 0.3 is 0 Å². The molecule has 0 fully saturated rings. The zero-order chi connectivity index (χ0) is 14.6. The molecule has 0 amide bonds. The van der Waals surface area contributed by atoms with Gasteiger partial charge in [0.25, 0.3) is 0 Å². The summed E-state index contributed by atoms with van der Waals surface area (Å²) in [5.74, 6) is 0. The molecule has 1 heterocycles. The van der Waals surface area contributed by atoms with Gasteiger partial charge in [-0.25, -0.2) is 13.1 Å². The van der Waals surface area contributed by atoms with Crippen LogP contribution in [0.3, 0.4) is 0 Å². The molecule has 0 spiro atoms. The van der Waals surface area contributed by atoms with E-state index in [0.29, 0.717) is 6.42 Å². The molecule has 2 rings (SSSR count). The fourth-order valence-electron chi connectivity index (χ4n) is 1.79. The lowest BCUT2D eigenvalue weighted by Gasteiger charge is -2.11. The first-order valence-corrected chi connectivity index (χ1v) is 7.69. The molecule has 1 aromatic carbocycles. The maximum Gasteiger partial charge on any atom is 0.243 e. The van der Waals surface area contributed by atoms with Gasteiger partial charge in [-0.3, -0.25) is 4.68 Å². The summed E-state index contributed by atoms with van der Waals surface area (Å²) in [6.45, 7) is 0.160. The molecule has 7 heteroatoms. The third kappa shape index (κ3) is 3.66. The first-order valence-electron chi connectivity index (χ1n) is 6.20. The SMILES string of the molecule is Cn1cc(S(=O)(=O)NCC[C@@H](O)c2ccccc2)cn1. The fourth-order valence-corrected chi connectivity index (χ4v) is 2.82. The maximum atomic E-state index is 11.9. The topological polar surface area (TPSA) is 84.2 Å². The van der Waals surface area contributed by atoms with Crippen molar-refractivity contribution < 1.29 is 13.5 Å². The maximum absolute atomic E-state index is 11.9. The molecule has 0 saturated carbocycles. The zero-order valence-electron chi connectivity index (χ0n) is 11.1. The van der Waals surface area contributed by atoms with Gasteiger partial charge in [0.1, 0.15) is 4.90 Å². The lowest BCUT2D eigenvalue weighted by molar-refractivity contribution is 0.169. The van der Waals surface area contributed by atoms with Gasteiger partial charge in [-0.15, -0.1) is 0 Å². The van der Waals surface area contributed by atoms with Gasteiger partial charge in [-0.2, -0.15) is 5.10 Å². The predicted octanol–water partition coefficient (Wildman–Crippen LogP) is 0.822. The van der Waals surface area contributed by atoms with Crippen LogP contribution < -0.4 is 4.72 Å². The van der Waals surface area contributed by atoms with Crippen LogP contribution in [-0.2, 0) is 17.1 Å². The molecule has 0 unspecified atom stereocenters. The van der Waals surface area contributed by atoms with Crippen LogP contribution >= 0.6 is 0 Å². The minimum Gasteiger partial charge on any atom is -0.388 e. The van der Waals surface area contributed by atoms with E-state index in [1.807, 2.05) is 18.2 Å². The van der Waals surface area contributed by atoms with Crippen LogP contribution in [0, 0.1) is 0 Å². The number of nitrogens with zero attached hydrogens (tertiary/aromatic N) is 2. The summed E-state index contributed by atoms with van der Waals surface area (Å²) >= 11 is 0. The van der Waals surface area contributed by atoms with Gasteiger partial charge in [0.15, 0.2) is 0 Å². The van der Waals surface area contributed by atoms with E-state index in [9.17, 15) is 13.5 Å². The van der Waals surface area contributed by atoms with E-state index in [2.05, 4.69) is 9.82 Å². The van der Waals surface area contributed by atoms with Crippen LogP contribution in [0.1, 0.15) is 18.1 Å². The van der Waals surface area contributed by atoms with E-state index < -0.39 is 16.1 Å². The molecule has 108 valence electrons. The van der Waals surface area contributed by atoms with Crippen LogP contribution in [0.25, 0.3) is 0 Å². The molecule has 2 aromatic rings. The number of aryl methyl sites for hydroxylation is 1. The largest absolute Gasteiger partial charge is 0.388 e. The lowest BCUT2D eigenvalue weighted by atomic mass is 10.1. The number of benzene rings is 1. The van der Waals surface area contributed by atoms with Crippen molar-refractivity contribution in [1.82, 2.24) is 14.5 Å². The number of rotatable bonds is 6. The van der Waals surface area contributed by atoms with Crippen molar-refractivity contribution in [3.63, 3.8) is 0 Å². The van der Waals surface area contributed by atoms with Crippen molar-refractivity contribution in [2.24, 2.45) is 7.05 Å². The highest BCUT2D eigenvalue weighted by molar-refractivity contribution is 7.89. The number of aromatic nitrogens is 2. The Morgan fingerprint density at radius 3 is 2.65 bits per heavy atom. The lowest BCUT2D eigenvalue weighted by Crippen LogP contribution is -2.25. The highest BCUT2D eigenvalue weighted by Crippen LogP contribution is 2.15. The van der Waals surface area contributed by atoms with E-state index in [1.54, 1.807) is 19.2 Å². The Labute approximate surface area is 118 Å². The Morgan fingerprint density at radius 1 is 1.35 bits per heavy atom. The number of aliphatic hydroxyl groups is 1. The molecule has 6 nitrogen and oxygen atoms in total. The Morgan fingerprint density at radius 2 is 2.05 bits per heavy atom. The average molecular weight is 295 g/mol. The first kappa shape index (κ1) is 14.7. The van der Waals surface area contributed by atoms with Gasteiger partial charge in [0.2, 0.25) is 10.0 Å². The van der Waals surface area contributed by atoms with Crippen molar-refractivity contribution in [2.45, 2.75) is 17.4 Å². The van der Waals surface area contributed by atoms with Crippen LogP contribution in [0.15, 0.2) is 47.6 Å². The second-order valence-electron chi connectivity index (χ2n) is 4.46. The zero-order valence-corrected chi connectivity index (χ0v) is 11.9. The van der Waals surface area contributed by atoms with E-state index in [4.69, 9.17) is 0 Å². The Hall–Kier alpha value is -1.70. The summed E-state index contributed by atoms with van der Waals surface area (Å²) < 4.78 is 27.7. The third-order valence-electron chi connectivity index (χ3n) is 2.89. The second kappa shape index (κ2) is 6.17. The molecule has 1 aromatic heterocycles. The van der Waals surface area contributed by atoms with Gasteiger partial charge in [0.05, 0.1) is 12.3 Å². The summed E-state index contributed by atoms with van der Waals surface area (Å²) in [7, 11) is -1.91. The quantitative estimate of drug-likeness (QED) is 0.826. The minimum absolute atomic E-state index is 0.120. The molecule has 1 atom stereocenters. The van der Waals surface area contributed by atoms with Gasteiger partial charge in [0, 0.05) is 19.8 Å². The third-order valence-corrected chi connectivity index (χ3v) is 4.30. The minimum atomic E-state index is -3.56. The Bertz CT molecular complexity index is 653. The average Bonchev–Trinajstić information content (AvgIpc) is 2.87. The van der Waals surface area contributed by atoms with Gasteiger partial charge < -0.3 is 5.11 Å². The molecule has 0 aliphatic carbocycles. The van der Waals surface area contributed by atoms with E-state index >= 15 is 0 Å². The summed E-state index contributed by atoms with van der Waals surface area (Å²) in [4.78, 5) is 0.120. The summed E-state index contributed by atoms with van der Waals surface area (Å²) in [6, 6.07) is 9.14. The molecule has 0 radical (unpaired) electrons. The highest BCUT2D eigenvalue weighted by atomic mass is 32.2. The van der Waals surface area contributed by atoms with Gasteiger partial charge in [-0.1, -0.05) is 30.3 Å². The van der Waals surface area contributed by atoms with E-state index in [1.165, 1.54) is 17.1 Å². The van der Waals surface area contributed by atoms with Crippen molar-refractivity contribution in [2.75, 3.05) is 6.54 Å². The molecule has 0 saturated heterocycles. The Kier molecular flexibility index (Phi) is 4.53. The van der Waals surface area contributed by atoms with E-state index in [0.717, 1.165) is 5.56 Å². The monoisotopic (exact) mass is 295 g/mol. The van der Waals surface area contributed by atoms with Crippen LogP contribution in [0.5, 0.6) is 0 Å². The molecule has 0 aliphatic heterocycles. The van der Waals surface area contributed by atoms with Crippen molar-refractivity contribution >= 4 is 10.0 Å². The van der Waals surface area contributed by atoms with Crippen molar-refractivity contribution in [3.8, 4) is 0 Å². The predicted molar refractivity (Wildman–Crippen MR) is 74.4 cm³/mol. The number of aliphatic hydroxyl groups excluding tert-OH is 1. The normalized spacial score (nSPS) is 13.3. The molecule has 0 bridgehead atoms. The number of nitrogens with one attached hydrogen (secondary N) is 1. The number of hydrogen-bond donors (Lipinski definition) is 2. The first-order chi connectivity index (χ1) is 9.49. The molecular formula is C13H17N3O3S. The molecule has 20 heavy (non-hydrogen) atoms. The van der Waals surface area contributed by atoms with Crippen LogP contribution in [-0.4, -0.2) is 29.8 Å². The smallest absolute Gasteiger partial charge is 0.243 e. The standard InChI is InChI=1S/C13H17N3O3S/c1-16-10-12(9-14-16)20(18,19)15-8-7-13(17)11-5-3-2-4-6-11/h2-6,9-10,13,15,17H,7-8H2,1H3/t13-/m1/s1. The molecule has 0 aliphatic rings. The molecular weight excluding hydrogens is 278 g/mol. The van der Waals surface area contributed by atoms with E-state index in [-0.39, 0.29) is 11.4 Å². The van der Waals surface area contributed by atoms with Crippen molar-refractivity contribution in [3.05, 3.63) is 48.3 Å². The van der Waals surface area contributed by atoms with Crippen LogP contribution in [0.2, 0.25) is 0 Å². The Balaban J connectivity index is 1.90. The van der Waals surface area contributed by atoms with Crippen LogP contribution in [0.4, 0.5) is 0 Å². The summed E-state index contributed by atoms with van der Waals surface area (Å²) in [5.41, 5.74) is 0.771. The number of sulfonamides is 1. The summed E-state index contributed by atoms with van der Waals surface area (Å²) in [6.07, 6.45) is 2.34. The highest BCUT2D eigenvalue weighted by Gasteiger charge is 2.16. The van der Waals surface area contributed by atoms with Crippen molar-refractivity contribution in [1.29, 1.82) is 0 Å². The second-order valence-corrected chi connectivity index (χ2v) is 6.23. The fraction of sp³-hybridized carbons (Fsp3) is 0.308. The summed E-state index contributed by atoms with van der Waals surface area (Å²) in [5, 5.41) is 13.8. The molecule has 2 N–H and O–H groups in total. The van der Waals surface area contributed by atoms with Gasteiger partial charge in [-0.05, 0) is 12.0 Å². The number of hydrogen-bond acceptors (Lipinski definition) is 4.